The molecule has 0 amide bonds. The molecule has 3 N–H and O–H groups in total. The normalized spacial score (nSPS) is 26.7. The van der Waals surface area contributed by atoms with Gasteiger partial charge in [-0.1, -0.05) is 26.2 Å². The van der Waals surface area contributed by atoms with Crippen LogP contribution < -0.4 is 10.5 Å². The number of sulfonamides is 1. The van der Waals surface area contributed by atoms with Gasteiger partial charge in [0.25, 0.3) is 0 Å². The van der Waals surface area contributed by atoms with E-state index in [9.17, 15) is 8.42 Å². The molecule has 0 spiro atoms. The molecular formula is C12H26N2O2S. The lowest BCUT2D eigenvalue weighted by Crippen LogP contribution is -2.40. The molecular weight excluding hydrogens is 236 g/mol. The molecule has 4 nitrogen and oxygen atoms in total. The SMILES string of the molecule is CC1CCCCCC1NS(=O)(=O)CCCCN. The highest BCUT2D eigenvalue weighted by molar-refractivity contribution is 7.89. The van der Waals surface area contributed by atoms with Crippen LogP contribution in [0.2, 0.25) is 0 Å². The van der Waals surface area contributed by atoms with E-state index in [0.29, 0.717) is 18.9 Å². The number of rotatable bonds is 6. The molecule has 0 aromatic heterocycles. The summed E-state index contributed by atoms with van der Waals surface area (Å²) in [6.07, 6.45) is 7.16. The van der Waals surface area contributed by atoms with Crippen molar-refractivity contribution in [1.29, 1.82) is 0 Å². The van der Waals surface area contributed by atoms with Gasteiger partial charge in [-0.3, -0.25) is 0 Å². The zero-order valence-electron chi connectivity index (χ0n) is 10.8. The molecule has 2 unspecified atom stereocenters. The lowest BCUT2D eigenvalue weighted by atomic mass is 9.98. The van der Waals surface area contributed by atoms with Crippen LogP contribution in [0.15, 0.2) is 0 Å². The maximum Gasteiger partial charge on any atom is 0.211 e. The van der Waals surface area contributed by atoms with Gasteiger partial charge in [0, 0.05) is 6.04 Å². The van der Waals surface area contributed by atoms with Gasteiger partial charge < -0.3 is 5.73 Å². The molecule has 0 aliphatic heterocycles. The molecule has 0 saturated heterocycles. The maximum absolute atomic E-state index is 11.9. The van der Waals surface area contributed by atoms with Crippen LogP contribution >= 0.6 is 0 Å². The van der Waals surface area contributed by atoms with E-state index in [4.69, 9.17) is 5.73 Å². The Labute approximate surface area is 105 Å². The van der Waals surface area contributed by atoms with Crippen LogP contribution in [-0.2, 0) is 10.0 Å². The third kappa shape index (κ3) is 5.84. The van der Waals surface area contributed by atoms with E-state index in [1.165, 1.54) is 12.8 Å². The Morgan fingerprint density at radius 3 is 2.59 bits per heavy atom. The molecule has 1 aliphatic rings. The smallest absolute Gasteiger partial charge is 0.211 e. The summed E-state index contributed by atoms with van der Waals surface area (Å²) >= 11 is 0. The summed E-state index contributed by atoms with van der Waals surface area (Å²) in [4.78, 5) is 0. The van der Waals surface area contributed by atoms with Crippen molar-refractivity contribution in [3.8, 4) is 0 Å². The number of nitrogens with two attached hydrogens (primary N) is 1. The van der Waals surface area contributed by atoms with E-state index < -0.39 is 10.0 Å². The average molecular weight is 262 g/mol. The van der Waals surface area contributed by atoms with Crippen molar-refractivity contribution in [1.82, 2.24) is 4.72 Å². The lowest BCUT2D eigenvalue weighted by molar-refractivity contribution is 0.399. The maximum atomic E-state index is 11.9. The summed E-state index contributed by atoms with van der Waals surface area (Å²) < 4.78 is 26.6. The molecule has 1 aliphatic carbocycles. The quantitative estimate of drug-likeness (QED) is 0.564. The van der Waals surface area contributed by atoms with Crippen LogP contribution in [0.5, 0.6) is 0 Å². The first kappa shape index (κ1) is 14.9. The second kappa shape index (κ2) is 7.34. The minimum Gasteiger partial charge on any atom is -0.330 e. The van der Waals surface area contributed by atoms with Gasteiger partial charge in [0.15, 0.2) is 0 Å². The predicted octanol–water partition coefficient (Wildman–Crippen LogP) is 1.61. The fourth-order valence-corrected chi connectivity index (χ4v) is 3.91. The minimum atomic E-state index is -3.11. The van der Waals surface area contributed by atoms with Crippen LogP contribution in [-0.4, -0.2) is 26.8 Å². The fraction of sp³-hybridized carbons (Fsp3) is 1.00. The Balaban J connectivity index is 2.44. The van der Waals surface area contributed by atoms with Gasteiger partial charge in [-0.2, -0.15) is 0 Å². The molecule has 17 heavy (non-hydrogen) atoms. The van der Waals surface area contributed by atoms with Crippen LogP contribution in [0, 0.1) is 5.92 Å². The van der Waals surface area contributed by atoms with Crippen molar-refractivity contribution in [2.45, 2.75) is 57.9 Å². The fourth-order valence-electron chi connectivity index (χ4n) is 2.39. The monoisotopic (exact) mass is 262 g/mol. The topological polar surface area (TPSA) is 72.2 Å². The van der Waals surface area contributed by atoms with E-state index in [0.717, 1.165) is 25.7 Å². The van der Waals surface area contributed by atoms with E-state index in [1.54, 1.807) is 0 Å². The lowest BCUT2D eigenvalue weighted by Gasteiger charge is -2.22. The van der Waals surface area contributed by atoms with Crippen molar-refractivity contribution in [3.05, 3.63) is 0 Å². The Bertz CT molecular complexity index is 304. The first-order valence-electron chi connectivity index (χ1n) is 6.75. The zero-order valence-corrected chi connectivity index (χ0v) is 11.6. The summed E-state index contributed by atoms with van der Waals surface area (Å²) in [5.74, 6) is 0.676. The molecule has 0 aromatic rings. The number of hydrogen-bond donors (Lipinski definition) is 2. The van der Waals surface area contributed by atoms with Gasteiger partial charge in [0.1, 0.15) is 0 Å². The van der Waals surface area contributed by atoms with E-state index in [-0.39, 0.29) is 11.8 Å². The Hall–Kier alpha value is -0.130. The van der Waals surface area contributed by atoms with Gasteiger partial charge in [0.2, 0.25) is 10.0 Å². The van der Waals surface area contributed by atoms with Gasteiger partial charge in [-0.15, -0.1) is 0 Å². The summed E-state index contributed by atoms with van der Waals surface area (Å²) in [6, 6.07) is 0.139. The van der Waals surface area contributed by atoms with Crippen molar-refractivity contribution in [2.75, 3.05) is 12.3 Å². The van der Waals surface area contributed by atoms with Gasteiger partial charge >= 0.3 is 0 Å². The summed E-state index contributed by atoms with van der Waals surface area (Å²) in [6.45, 7) is 2.72. The highest BCUT2D eigenvalue weighted by Crippen LogP contribution is 2.23. The molecule has 0 aromatic carbocycles. The summed E-state index contributed by atoms with van der Waals surface area (Å²) in [5.41, 5.74) is 5.37. The Kier molecular flexibility index (Phi) is 6.44. The standard InChI is InChI=1S/C12H26N2O2S/c1-11-7-3-2-4-8-12(11)14-17(15,16)10-6-5-9-13/h11-12,14H,2-10,13H2,1H3. The molecule has 5 heteroatoms. The minimum absolute atomic E-state index is 0.139. The Morgan fingerprint density at radius 2 is 1.88 bits per heavy atom. The molecule has 1 fully saturated rings. The summed E-state index contributed by atoms with van der Waals surface area (Å²) in [5, 5.41) is 0. The van der Waals surface area contributed by atoms with Crippen LogP contribution in [0.1, 0.15) is 51.9 Å². The zero-order chi connectivity index (χ0) is 12.7. The third-order valence-corrected chi connectivity index (χ3v) is 5.05. The highest BCUT2D eigenvalue weighted by Gasteiger charge is 2.24. The molecule has 1 rings (SSSR count). The van der Waals surface area contributed by atoms with E-state index >= 15 is 0 Å². The second-order valence-corrected chi connectivity index (χ2v) is 7.03. The molecule has 0 radical (unpaired) electrons. The van der Waals surface area contributed by atoms with Crippen LogP contribution in [0.4, 0.5) is 0 Å². The van der Waals surface area contributed by atoms with Crippen LogP contribution in [0.25, 0.3) is 0 Å². The predicted molar refractivity (Wildman–Crippen MR) is 71.2 cm³/mol. The largest absolute Gasteiger partial charge is 0.330 e. The first-order valence-corrected chi connectivity index (χ1v) is 8.40. The van der Waals surface area contributed by atoms with Crippen molar-refractivity contribution in [2.24, 2.45) is 11.7 Å². The van der Waals surface area contributed by atoms with E-state index in [2.05, 4.69) is 11.6 Å². The van der Waals surface area contributed by atoms with Crippen molar-refractivity contribution >= 4 is 10.0 Å². The second-order valence-electron chi connectivity index (χ2n) is 5.15. The average Bonchev–Trinajstić information content (AvgIpc) is 2.44. The number of unbranched alkanes of at least 4 members (excludes halogenated alkanes) is 1. The number of nitrogens with one attached hydrogen (secondary N) is 1. The van der Waals surface area contributed by atoms with Crippen molar-refractivity contribution in [3.63, 3.8) is 0 Å². The highest BCUT2D eigenvalue weighted by atomic mass is 32.2. The molecule has 102 valence electrons. The van der Waals surface area contributed by atoms with Crippen LogP contribution in [0.3, 0.4) is 0 Å². The van der Waals surface area contributed by atoms with E-state index in [1.807, 2.05) is 0 Å². The molecule has 2 atom stereocenters. The van der Waals surface area contributed by atoms with Gasteiger partial charge in [-0.05, 0) is 38.1 Å². The summed E-state index contributed by atoms with van der Waals surface area (Å²) in [7, 11) is -3.11. The Morgan fingerprint density at radius 1 is 1.18 bits per heavy atom. The molecule has 0 heterocycles. The first-order chi connectivity index (χ1) is 8.05. The third-order valence-electron chi connectivity index (χ3n) is 3.56. The molecule has 0 bridgehead atoms. The van der Waals surface area contributed by atoms with Crippen molar-refractivity contribution < 1.29 is 8.42 Å². The van der Waals surface area contributed by atoms with Gasteiger partial charge in [0.05, 0.1) is 5.75 Å². The molecule has 1 saturated carbocycles. The number of hydrogen-bond acceptors (Lipinski definition) is 3. The van der Waals surface area contributed by atoms with Gasteiger partial charge in [-0.25, -0.2) is 13.1 Å².